The largest absolute Gasteiger partial charge is 0.352 e. The van der Waals surface area contributed by atoms with E-state index >= 15 is 0 Å². The summed E-state index contributed by atoms with van der Waals surface area (Å²) in [4.78, 5) is 12.1. The molecule has 110 valence electrons. The van der Waals surface area contributed by atoms with Crippen molar-refractivity contribution in [3.63, 3.8) is 0 Å². The molecule has 0 saturated carbocycles. The van der Waals surface area contributed by atoms with E-state index < -0.39 is 9.84 Å². The van der Waals surface area contributed by atoms with Gasteiger partial charge >= 0.3 is 0 Å². The van der Waals surface area contributed by atoms with Crippen LogP contribution in [0.3, 0.4) is 0 Å². The number of amides is 1. The number of benzene rings is 2. The van der Waals surface area contributed by atoms with Crippen molar-refractivity contribution in [1.82, 2.24) is 5.32 Å². The van der Waals surface area contributed by atoms with Crippen molar-refractivity contribution in [2.45, 2.75) is 11.8 Å². The van der Waals surface area contributed by atoms with Crippen molar-refractivity contribution in [2.24, 2.45) is 0 Å². The van der Waals surface area contributed by atoms with Crippen molar-refractivity contribution in [3.05, 3.63) is 54.1 Å². The molecule has 0 unspecified atom stereocenters. The van der Waals surface area contributed by atoms with E-state index in [1.807, 2.05) is 19.1 Å². The van der Waals surface area contributed by atoms with Crippen LogP contribution in [0.15, 0.2) is 53.4 Å². The summed E-state index contributed by atoms with van der Waals surface area (Å²) in [7, 11) is -3.19. The number of carbonyl (C=O) groups is 1. The van der Waals surface area contributed by atoms with Gasteiger partial charge in [0.1, 0.15) is 0 Å². The first-order valence-corrected chi connectivity index (χ1v) is 8.49. The van der Waals surface area contributed by atoms with E-state index in [2.05, 4.69) is 5.32 Å². The third kappa shape index (κ3) is 3.70. The third-order valence-corrected chi connectivity index (χ3v) is 4.21. The van der Waals surface area contributed by atoms with Crippen LogP contribution < -0.4 is 5.32 Å². The van der Waals surface area contributed by atoms with Gasteiger partial charge in [-0.3, -0.25) is 4.79 Å². The summed E-state index contributed by atoms with van der Waals surface area (Å²) in [6, 6.07) is 13.9. The molecule has 2 rings (SSSR count). The molecule has 5 heteroatoms. The van der Waals surface area contributed by atoms with Crippen LogP contribution in [-0.4, -0.2) is 27.1 Å². The van der Waals surface area contributed by atoms with E-state index in [-0.39, 0.29) is 10.8 Å². The lowest BCUT2D eigenvalue weighted by atomic mass is 10.0. The fraction of sp³-hybridized carbons (Fsp3) is 0.188. The van der Waals surface area contributed by atoms with Crippen LogP contribution in [-0.2, 0) is 9.84 Å². The highest BCUT2D eigenvalue weighted by atomic mass is 32.2. The molecule has 0 radical (unpaired) electrons. The van der Waals surface area contributed by atoms with E-state index in [0.717, 1.165) is 11.1 Å². The molecule has 0 aliphatic carbocycles. The highest BCUT2D eigenvalue weighted by Gasteiger charge is 2.08. The summed E-state index contributed by atoms with van der Waals surface area (Å²) in [6.07, 6.45) is 1.18. The molecule has 0 heterocycles. The molecular formula is C16H17NO3S. The van der Waals surface area contributed by atoms with Gasteiger partial charge in [0.25, 0.3) is 5.91 Å². The van der Waals surface area contributed by atoms with Crippen molar-refractivity contribution in [2.75, 3.05) is 12.8 Å². The Morgan fingerprint density at radius 3 is 2.29 bits per heavy atom. The Morgan fingerprint density at radius 2 is 1.71 bits per heavy atom. The van der Waals surface area contributed by atoms with Gasteiger partial charge in [-0.05, 0) is 42.3 Å². The fourth-order valence-corrected chi connectivity index (χ4v) is 2.63. The SMILES string of the molecule is CCNC(=O)c1cccc(-c2ccc(S(C)(=O)=O)cc2)c1. The van der Waals surface area contributed by atoms with Crippen LogP contribution in [0.25, 0.3) is 11.1 Å². The maximum atomic E-state index is 11.8. The molecule has 0 bridgehead atoms. The summed E-state index contributed by atoms with van der Waals surface area (Å²) in [5, 5.41) is 2.75. The summed E-state index contributed by atoms with van der Waals surface area (Å²) < 4.78 is 22.9. The second-order valence-corrected chi connectivity index (χ2v) is 6.75. The van der Waals surface area contributed by atoms with Crippen LogP contribution in [0, 0.1) is 0 Å². The predicted molar refractivity (Wildman–Crippen MR) is 83.0 cm³/mol. The van der Waals surface area contributed by atoms with Gasteiger partial charge in [0.05, 0.1) is 4.90 Å². The second-order valence-electron chi connectivity index (χ2n) is 4.74. The van der Waals surface area contributed by atoms with Crippen LogP contribution in [0.4, 0.5) is 0 Å². The molecular weight excluding hydrogens is 286 g/mol. The Balaban J connectivity index is 2.34. The van der Waals surface area contributed by atoms with Gasteiger partial charge < -0.3 is 5.32 Å². The first-order valence-electron chi connectivity index (χ1n) is 6.60. The Kier molecular flexibility index (Phi) is 4.43. The van der Waals surface area contributed by atoms with Crippen molar-refractivity contribution < 1.29 is 13.2 Å². The predicted octanol–water partition coefficient (Wildman–Crippen LogP) is 2.51. The smallest absolute Gasteiger partial charge is 0.251 e. The summed E-state index contributed by atoms with van der Waals surface area (Å²) >= 11 is 0. The maximum absolute atomic E-state index is 11.8. The zero-order valence-electron chi connectivity index (χ0n) is 12.0. The fourth-order valence-electron chi connectivity index (χ4n) is 2.00. The van der Waals surface area contributed by atoms with E-state index in [1.54, 1.807) is 36.4 Å². The van der Waals surface area contributed by atoms with E-state index in [0.29, 0.717) is 12.1 Å². The third-order valence-electron chi connectivity index (χ3n) is 3.08. The molecule has 1 N–H and O–H groups in total. The van der Waals surface area contributed by atoms with Gasteiger partial charge in [-0.1, -0.05) is 24.3 Å². The standard InChI is InChI=1S/C16H17NO3S/c1-3-17-16(18)14-6-4-5-13(11-14)12-7-9-15(10-8-12)21(2,19)20/h4-11H,3H2,1-2H3,(H,17,18). The summed E-state index contributed by atoms with van der Waals surface area (Å²) in [6.45, 7) is 2.44. The van der Waals surface area contributed by atoms with E-state index in [4.69, 9.17) is 0 Å². The lowest BCUT2D eigenvalue weighted by Crippen LogP contribution is -2.22. The zero-order chi connectivity index (χ0) is 15.5. The zero-order valence-corrected chi connectivity index (χ0v) is 12.8. The van der Waals surface area contributed by atoms with Crippen LogP contribution >= 0.6 is 0 Å². The Morgan fingerprint density at radius 1 is 1.05 bits per heavy atom. The number of hydrogen-bond acceptors (Lipinski definition) is 3. The molecule has 1 amide bonds. The molecule has 0 saturated heterocycles. The average molecular weight is 303 g/mol. The number of hydrogen-bond donors (Lipinski definition) is 1. The Hall–Kier alpha value is -2.14. The summed E-state index contributed by atoms with van der Waals surface area (Å²) in [5.74, 6) is -0.118. The van der Waals surface area contributed by atoms with Gasteiger partial charge in [-0.2, -0.15) is 0 Å². The van der Waals surface area contributed by atoms with Crippen LogP contribution in [0.5, 0.6) is 0 Å². The molecule has 0 spiro atoms. The van der Waals surface area contributed by atoms with Gasteiger partial charge in [0.2, 0.25) is 0 Å². The quantitative estimate of drug-likeness (QED) is 0.944. The first-order chi connectivity index (χ1) is 9.91. The molecule has 0 fully saturated rings. The highest BCUT2D eigenvalue weighted by Crippen LogP contribution is 2.22. The van der Waals surface area contributed by atoms with Crippen molar-refractivity contribution in [3.8, 4) is 11.1 Å². The molecule has 0 aliphatic heterocycles. The number of sulfone groups is 1. The normalized spacial score (nSPS) is 11.1. The minimum absolute atomic E-state index is 0.118. The van der Waals surface area contributed by atoms with Crippen molar-refractivity contribution >= 4 is 15.7 Å². The number of rotatable bonds is 4. The van der Waals surface area contributed by atoms with Gasteiger partial charge in [-0.15, -0.1) is 0 Å². The Bertz CT molecular complexity index is 749. The van der Waals surface area contributed by atoms with Gasteiger partial charge in [0.15, 0.2) is 9.84 Å². The summed E-state index contributed by atoms with van der Waals surface area (Å²) in [5.41, 5.74) is 2.33. The van der Waals surface area contributed by atoms with Crippen LogP contribution in [0.2, 0.25) is 0 Å². The topological polar surface area (TPSA) is 63.2 Å². The molecule has 4 nitrogen and oxygen atoms in total. The van der Waals surface area contributed by atoms with E-state index in [9.17, 15) is 13.2 Å². The maximum Gasteiger partial charge on any atom is 0.251 e. The lowest BCUT2D eigenvalue weighted by Gasteiger charge is -2.06. The van der Waals surface area contributed by atoms with Crippen molar-refractivity contribution in [1.29, 1.82) is 0 Å². The monoisotopic (exact) mass is 303 g/mol. The minimum Gasteiger partial charge on any atom is -0.352 e. The molecule has 0 aliphatic rings. The first kappa shape index (κ1) is 15.3. The minimum atomic E-state index is -3.19. The van der Waals surface area contributed by atoms with E-state index in [1.165, 1.54) is 6.26 Å². The lowest BCUT2D eigenvalue weighted by molar-refractivity contribution is 0.0956. The molecule has 0 atom stereocenters. The molecule has 2 aromatic carbocycles. The van der Waals surface area contributed by atoms with Gasteiger partial charge in [-0.25, -0.2) is 8.42 Å². The van der Waals surface area contributed by atoms with Crippen LogP contribution in [0.1, 0.15) is 17.3 Å². The second kappa shape index (κ2) is 6.10. The number of nitrogens with one attached hydrogen (secondary N) is 1. The molecule has 21 heavy (non-hydrogen) atoms. The Labute approximate surface area is 124 Å². The number of carbonyl (C=O) groups excluding carboxylic acids is 1. The molecule has 0 aromatic heterocycles. The highest BCUT2D eigenvalue weighted by molar-refractivity contribution is 7.90. The average Bonchev–Trinajstić information content (AvgIpc) is 2.47. The van der Waals surface area contributed by atoms with Gasteiger partial charge in [0, 0.05) is 18.4 Å². The molecule has 2 aromatic rings.